The number of nitrogens with zero attached hydrogens (tertiary/aromatic N) is 7. The van der Waals surface area contributed by atoms with Gasteiger partial charge in [0.05, 0.1) is 31.5 Å². The quantitative estimate of drug-likeness (QED) is 0.573. The number of amides is 1. The van der Waals surface area contributed by atoms with Crippen LogP contribution in [-0.4, -0.2) is 54.8 Å². The Morgan fingerprint density at radius 3 is 2.69 bits per heavy atom. The average molecular weight is 472 g/mol. The van der Waals surface area contributed by atoms with Gasteiger partial charge in [0.2, 0.25) is 5.82 Å². The van der Waals surface area contributed by atoms with E-state index in [-0.39, 0.29) is 5.91 Å². The monoisotopic (exact) mass is 471 g/mol. The van der Waals surface area contributed by atoms with Gasteiger partial charge in [-0.1, -0.05) is 11.6 Å². The van der Waals surface area contributed by atoms with Crippen LogP contribution >= 0.6 is 0 Å². The number of carbonyl (C=O) groups excluding carboxylic acids is 1. The zero-order valence-electron chi connectivity index (χ0n) is 20.8. The highest BCUT2D eigenvalue weighted by Gasteiger charge is 2.41. The molecule has 2 aliphatic heterocycles. The number of likely N-dealkylation sites (tertiary alicyclic amines) is 1. The number of ether oxygens (including phenoxy) is 1. The number of hydrogen-bond acceptors (Lipinski definition) is 6. The third-order valence-corrected chi connectivity index (χ3v) is 6.95. The van der Waals surface area contributed by atoms with Crippen molar-refractivity contribution < 1.29 is 9.53 Å². The molecule has 0 aliphatic carbocycles. The fourth-order valence-corrected chi connectivity index (χ4v) is 5.26. The maximum atomic E-state index is 13.8. The second-order valence-electron chi connectivity index (χ2n) is 9.71. The van der Waals surface area contributed by atoms with Gasteiger partial charge in [-0.3, -0.25) is 4.79 Å². The summed E-state index contributed by atoms with van der Waals surface area (Å²) in [4.78, 5) is 16.9. The molecule has 1 fully saturated rings. The van der Waals surface area contributed by atoms with Gasteiger partial charge < -0.3 is 14.2 Å². The predicted molar refractivity (Wildman–Crippen MR) is 132 cm³/mol. The Bertz CT molecular complexity index is 1400. The molecule has 2 aliphatic rings. The number of benzene rings is 1. The van der Waals surface area contributed by atoms with Crippen molar-refractivity contribution >= 4 is 12.0 Å². The van der Waals surface area contributed by atoms with Crippen LogP contribution in [0.4, 0.5) is 0 Å². The molecule has 0 spiro atoms. The number of tetrazole rings is 1. The second kappa shape index (κ2) is 8.38. The van der Waals surface area contributed by atoms with Crippen molar-refractivity contribution in [2.24, 2.45) is 7.05 Å². The lowest BCUT2D eigenvalue weighted by molar-refractivity contribution is 0.0682. The van der Waals surface area contributed by atoms with Crippen LogP contribution in [0.2, 0.25) is 0 Å². The Labute approximate surface area is 204 Å². The van der Waals surface area contributed by atoms with Crippen LogP contribution in [0, 0.1) is 11.3 Å². The predicted octanol–water partition coefficient (Wildman–Crippen LogP) is 3.85. The Kier molecular flexibility index (Phi) is 5.47. The lowest BCUT2D eigenvalue weighted by Crippen LogP contribution is -2.44. The van der Waals surface area contributed by atoms with Gasteiger partial charge >= 0.3 is 0 Å². The van der Waals surface area contributed by atoms with Gasteiger partial charge in [0.1, 0.15) is 17.0 Å². The molecule has 0 N–H and O–H groups in total. The van der Waals surface area contributed by atoms with Gasteiger partial charge in [0.25, 0.3) is 5.91 Å². The van der Waals surface area contributed by atoms with Gasteiger partial charge in [-0.15, -0.1) is 10.2 Å². The molecule has 35 heavy (non-hydrogen) atoms. The first-order valence-electron chi connectivity index (χ1n) is 11.8. The highest BCUT2D eigenvalue weighted by molar-refractivity contribution is 5.97. The summed E-state index contributed by atoms with van der Waals surface area (Å²) in [6.45, 7) is 7.22. The second-order valence-corrected chi connectivity index (χ2v) is 9.71. The summed E-state index contributed by atoms with van der Waals surface area (Å²) in [6.07, 6.45) is 4.39. The first-order valence-corrected chi connectivity index (χ1v) is 11.8. The number of methoxy groups -OCH3 is 1. The molecule has 1 atom stereocenters. The van der Waals surface area contributed by atoms with E-state index in [1.165, 1.54) is 4.80 Å². The van der Waals surface area contributed by atoms with Crippen molar-refractivity contribution in [2.75, 3.05) is 13.7 Å². The number of hydrogen-bond donors (Lipinski definition) is 0. The van der Waals surface area contributed by atoms with Crippen molar-refractivity contribution in [2.45, 2.75) is 52.1 Å². The molecule has 0 unspecified atom stereocenters. The highest BCUT2D eigenvalue weighted by Crippen LogP contribution is 2.42. The van der Waals surface area contributed by atoms with E-state index in [1.54, 1.807) is 19.1 Å². The summed E-state index contributed by atoms with van der Waals surface area (Å²) >= 11 is 0. The first-order chi connectivity index (χ1) is 16.8. The van der Waals surface area contributed by atoms with Crippen LogP contribution < -0.4 is 4.74 Å². The molecule has 1 amide bonds. The Hall–Kier alpha value is -3.93. The van der Waals surface area contributed by atoms with Crippen LogP contribution in [0.1, 0.15) is 55.2 Å². The standard InChI is InChI=1S/C26H29N7O2/c1-16(2)11-18-12-21(25(34)33-9-6-8-26(33,3)15-27)32-10-7-17-13-22(35-5)20(14-19(17)23(18)32)24-28-30-31(4)29-24/h11-14H,6-10H2,1-5H3/t26-/m1/s1. The van der Waals surface area contributed by atoms with Crippen LogP contribution in [0.25, 0.3) is 28.7 Å². The third kappa shape index (κ3) is 3.70. The van der Waals surface area contributed by atoms with Crippen LogP contribution in [0.3, 0.4) is 0 Å². The van der Waals surface area contributed by atoms with Crippen molar-refractivity contribution in [3.05, 3.63) is 40.6 Å². The van der Waals surface area contributed by atoms with Gasteiger partial charge in [-0.25, -0.2) is 0 Å². The molecule has 5 rings (SSSR count). The summed E-state index contributed by atoms with van der Waals surface area (Å²) < 4.78 is 7.78. The summed E-state index contributed by atoms with van der Waals surface area (Å²) in [7, 11) is 3.37. The number of allylic oxidation sites excluding steroid dienone is 1. The Morgan fingerprint density at radius 2 is 2.03 bits per heavy atom. The van der Waals surface area contributed by atoms with E-state index >= 15 is 0 Å². The molecule has 0 bridgehead atoms. The fraction of sp³-hybridized carbons (Fsp3) is 0.423. The summed E-state index contributed by atoms with van der Waals surface area (Å²) in [5.74, 6) is 1.09. The normalized spacial score (nSPS) is 18.6. The first kappa shape index (κ1) is 22.8. The van der Waals surface area contributed by atoms with Gasteiger partial charge in [0.15, 0.2) is 0 Å². The van der Waals surface area contributed by atoms with E-state index in [1.807, 2.05) is 39.0 Å². The van der Waals surface area contributed by atoms with Crippen LogP contribution in [-0.2, 0) is 20.0 Å². The zero-order chi connectivity index (χ0) is 24.9. The molecule has 9 heteroatoms. The van der Waals surface area contributed by atoms with E-state index < -0.39 is 5.54 Å². The molecular formula is C26H29N7O2. The summed E-state index contributed by atoms with van der Waals surface area (Å²) in [5, 5.41) is 22.3. The lowest BCUT2D eigenvalue weighted by Gasteiger charge is -2.30. The highest BCUT2D eigenvalue weighted by atomic mass is 16.5. The number of fused-ring (bicyclic) bond motifs is 3. The van der Waals surface area contributed by atoms with Gasteiger partial charge in [-0.2, -0.15) is 10.1 Å². The number of nitriles is 1. The maximum Gasteiger partial charge on any atom is 0.271 e. The zero-order valence-corrected chi connectivity index (χ0v) is 20.8. The minimum absolute atomic E-state index is 0.0889. The molecule has 180 valence electrons. The Balaban J connectivity index is 1.70. The molecule has 1 saturated heterocycles. The lowest BCUT2D eigenvalue weighted by atomic mass is 9.93. The topological polar surface area (TPSA) is 102 Å². The van der Waals surface area contributed by atoms with Crippen molar-refractivity contribution in [3.63, 3.8) is 0 Å². The van der Waals surface area contributed by atoms with E-state index in [0.717, 1.165) is 46.4 Å². The van der Waals surface area contributed by atoms with Crippen LogP contribution in [0.5, 0.6) is 5.75 Å². The van der Waals surface area contributed by atoms with E-state index in [4.69, 9.17) is 4.74 Å². The average Bonchev–Trinajstić information content (AvgIpc) is 3.54. The molecule has 0 saturated carbocycles. The SMILES string of the molecule is COc1cc2c(cc1-c1nnn(C)n1)-c1c(C=C(C)C)cc(C(=O)N3CCC[C@]3(C)C#N)n1CC2. The van der Waals surface area contributed by atoms with Gasteiger partial charge in [-0.05, 0) is 69.0 Å². The van der Waals surface area contributed by atoms with E-state index in [2.05, 4.69) is 32.1 Å². The molecule has 1 aromatic carbocycles. The summed E-state index contributed by atoms with van der Waals surface area (Å²) in [6, 6.07) is 8.42. The molecule has 0 radical (unpaired) electrons. The number of aryl methyl sites for hydroxylation is 2. The van der Waals surface area contributed by atoms with E-state index in [0.29, 0.717) is 36.8 Å². The largest absolute Gasteiger partial charge is 0.496 e. The van der Waals surface area contributed by atoms with Gasteiger partial charge in [0, 0.05) is 24.2 Å². The van der Waals surface area contributed by atoms with Crippen molar-refractivity contribution in [1.29, 1.82) is 5.26 Å². The smallest absolute Gasteiger partial charge is 0.271 e. The minimum atomic E-state index is -0.775. The van der Waals surface area contributed by atoms with Crippen molar-refractivity contribution in [3.8, 4) is 34.5 Å². The number of rotatable bonds is 4. The summed E-state index contributed by atoms with van der Waals surface area (Å²) in [5.41, 5.74) is 5.87. The number of aromatic nitrogens is 5. The van der Waals surface area contributed by atoms with Crippen LogP contribution in [0.15, 0.2) is 23.8 Å². The maximum absolute atomic E-state index is 13.8. The molecule has 9 nitrogen and oxygen atoms in total. The van der Waals surface area contributed by atoms with Crippen molar-refractivity contribution in [1.82, 2.24) is 29.7 Å². The Morgan fingerprint density at radius 1 is 1.23 bits per heavy atom. The van der Waals surface area contributed by atoms with E-state index in [9.17, 15) is 10.1 Å². The molecule has 4 heterocycles. The third-order valence-electron chi connectivity index (χ3n) is 6.95. The molecule has 3 aromatic rings. The molecule has 2 aromatic heterocycles. The number of carbonyl (C=O) groups is 1. The minimum Gasteiger partial charge on any atom is -0.496 e. The fourth-order valence-electron chi connectivity index (χ4n) is 5.26. The molecular weight excluding hydrogens is 442 g/mol.